The number of anilines is 1. The SMILES string of the molecule is CN1CCN(c2cc3c(cc2F)c(=O)c(C(=O)O)cn3CCOc2ccccc2)CC1. The Morgan fingerprint density at radius 3 is 2.52 bits per heavy atom. The summed E-state index contributed by atoms with van der Waals surface area (Å²) in [7, 11) is 2.02. The zero-order valence-electron chi connectivity index (χ0n) is 17.3. The first-order valence-electron chi connectivity index (χ1n) is 10.2. The number of benzene rings is 2. The molecule has 3 aromatic rings. The highest BCUT2D eigenvalue weighted by molar-refractivity contribution is 5.93. The van der Waals surface area contributed by atoms with E-state index in [0.717, 1.165) is 19.2 Å². The third-order valence-corrected chi connectivity index (χ3v) is 5.57. The second-order valence-corrected chi connectivity index (χ2v) is 7.64. The van der Waals surface area contributed by atoms with Gasteiger partial charge in [0.25, 0.3) is 0 Å². The lowest BCUT2D eigenvalue weighted by Gasteiger charge is -2.34. The van der Waals surface area contributed by atoms with Crippen molar-refractivity contribution in [1.29, 1.82) is 0 Å². The molecule has 1 aliphatic rings. The number of fused-ring (bicyclic) bond motifs is 1. The summed E-state index contributed by atoms with van der Waals surface area (Å²) >= 11 is 0. The minimum Gasteiger partial charge on any atom is -0.492 e. The topological polar surface area (TPSA) is 75.0 Å². The van der Waals surface area contributed by atoms with Gasteiger partial charge >= 0.3 is 5.97 Å². The first-order chi connectivity index (χ1) is 14.9. The van der Waals surface area contributed by atoms with Crippen LogP contribution in [-0.4, -0.2) is 60.4 Å². The van der Waals surface area contributed by atoms with Crippen molar-refractivity contribution in [3.05, 3.63) is 70.3 Å². The Kier molecular flexibility index (Phi) is 5.90. The van der Waals surface area contributed by atoms with E-state index in [1.165, 1.54) is 6.20 Å². The van der Waals surface area contributed by atoms with E-state index in [1.807, 2.05) is 42.3 Å². The van der Waals surface area contributed by atoms with Gasteiger partial charge in [-0.2, -0.15) is 0 Å². The maximum Gasteiger partial charge on any atom is 0.341 e. The smallest absolute Gasteiger partial charge is 0.341 e. The van der Waals surface area contributed by atoms with Crippen LogP contribution in [0.25, 0.3) is 10.9 Å². The van der Waals surface area contributed by atoms with Crippen LogP contribution in [0.3, 0.4) is 0 Å². The Hall–Kier alpha value is -3.39. The number of nitrogens with zero attached hydrogens (tertiary/aromatic N) is 3. The van der Waals surface area contributed by atoms with Gasteiger partial charge in [-0.05, 0) is 31.3 Å². The zero-order valence-corrected chi connectivity index (χ0v) is 17.3. The van der Waals surface area contributed by atoms with E-state index < -0.39 is 17.2 Å². The number of carboxylic acid groups (broad SMARTS) is 1. The number of hydrogen-bond acceptors (Lipinski definition) is 5. The lowest BCUT2D eigenvalue weighted by molar-refractivity contribution is 0.0694. The first-order valence-corrected chi connectivity index (χ1v) is 10.2. The fourth-order valence-electron chi connectivity index (χ4n) is 3.80. The maximum atomic E-state index is 14.9. The van der Waals surface area contributed by atoms with Gasteiger partial charge in [-0.15, -0.1) is 0 Å². The van der Waals surface area contributed by atoms with Crippen LogP contribution in [-0.2, 0) is 6.54 Å². The molecule has 0 unspecified atom stereocenters. The van der Waals surface area contributed by atoms with Crippen molar-refractivity contribution in [2.45, 2.75) is 6.54 Å². The fourth-order valence-corrected chi connectivity index (χ4v) is 3.80. The standard InChI is InChI=1S/C23H24FN3O4/c1-25-7-9-26(10-8-25)21-14-20-17(13-19(21)24)22(28)18(23(29)30)15-27(20)11-12-31-16-5-3-2-4-6-16/h2-6,13-15H,7-12H2,1H3,(H,29,30). The predicted octanol–water partition coefficient (Wildman–Crippen LogP) is 2.67. The van der Waals surface area contributed by atoms with Gasteiger partial charge in [-0.25, -0.2) is 9.18 Å². The van der Waals surface area contributed by atoms with E-state index in [9.17, 15) is 19.1 Å². The van der Waals surface area contributed by atoms with E-state index in [1.54, 1.807) is 10.6 Å². The highest BCUT2D eigenvalue weighted by atomic mass is 19.1. The number of aromatic carboxylic acids is 1. The molecule has 0 aliphatic carbocycles. The van der Waals surface area contributed by atoms with E-state index in [-0.39, 0.29) is 17.6 Å². The van der Waals surface area contributed by atoms with Crippen LogP contribution in [0.4, 0.5) is 10.1 Å². The predicted molar refractivity (Wildman–Crippen MR) is 117 cm³/mol. The maximum absolute atomic E-state index is 14.9. The molecule has 1 aromatic heterocycles. The molecule has 2 aromatic carbocycles. The molecule has 2 heterocycles. The van der Waals surface area contributed by atoms with Gasteiger partial charge in [-0.1, -0.05) is 18.2 Å². The van der Waals surface area contributed by atoms with Crippen LogP contribution >= 0.6 is 0 Å². The van der Waals surface area contributed by atoms with Gasteiger partial charge in [0.15, 0.2) is 0 Å². The average molecular weight is 425 g/mol. The van der Waals surface area contributed by atoms with Gasteiger partial charge in [0.2, 0.25) is 5.43 Å². The third-order valence-electron chi connectivity index (χ3n) is 5.57. The monoisotopic (exact) mass is 425 g/mol. The van der Waals surface area contributed by atoms with Crippen LogP contribution in [0.15, 0.2) is 53.5 Å². The molecule has 0 saturated carbocycles. The Morgan fingerprint density at radius 2 is 1.84 bits per heavy atom. The van der Waals surface area contributed by atoms with Crippen LogP contribution in [0, 0.1) is 5.82 Å². The number of aromatic nitrogens is 1. The molecule has 7 nitrogen and oxygen atoms in total. The minimum absolute atomic E-state index is 0.0509. The molecular formula is C23H24FN3O4. The number of pyridine rings is 1. The molecule has 0 bridgehead atoms. The minimum atomic E-state index is -1.34. The third kappa shape index (κ3) is 4.39. The van der Waals surface area contributed by atoms with Crippen LogP contribution in [0.2, 0.25) is 0 Å². The summed E-state index contributed by atoms with van der Waals surface area (Å²) in [4.78, 5) is 28.4. The molecule has 0 spiro atoms. The number of carbonyl (C=O) groups is 1. The quantitative estimate of drug-likeness (QED) is 0.655. The summed E-state index contributed by atoms with van der Waals surface area (Å²) in [6.45, 7) is 3.54. The molecule has 8 heteroatoms. The molecular weight excluding hydrogens is 401 g/mol. The largest absolute Gasteiger partial charge is 0.492 e. The Balaban J connectivity index is 1.72. The van der Waals surface area contributed by atoms with Gasteiger partial charge in [-0.3, -0.25) is 4.79 Å². The molecule has 1 aliphatic heterocycles. The number of rotatable bonds is 6. The van der Waals surface area contributed by atoms with Crippen molar-refractivity contribution in [2.24, 2.45) is 0 Å². The Labute approximate surface area is 178 Å². The lowest BCUT2D eigenvalue weighted by Crippen LogP contribution is -2.44. The summed E-state index contributed by atoms with van der Waals surface area (Å²) in [6, 6.07) is 12.1. The van der Waals surface area contributed by atoms with Crippen molar-refractivity contribution in [3.8, 4) is 5.75 Å². The second-order valence-electron chi connectivity index (χ2n) is 7.64. The number of halogens is 1. The van der Waals surface area contributed by atoms with E-state index in [4.69, 9.17) is 4.74 Å². The first kappa shape index (κ1) is 20.9. The second kappa shape index (κ2) is 8.77. The molecule has 1 fully saturated rings. The van der Waals surface area contributed by atoms with Crippen molar-refractivity contribution in [1.82, 2.24) is 9.47 Å². The molecule has 1 N–H and O–H groups in total. The summed E-state index contributed by atoms with van der Waals surface area (Å²) in [5.74, 6) is -1.17. The number of hydrogen-bond donors (Lipinski definition) is 1. The number of carboxylic acids is 1. The zero-order chi connectivity index (χ0) is 22.0. The molecule has 1 saturated heterocycles. The van der Waals surface area contributed by atoms with Crippen LogP contribution < -0.4 is 15.1 Å². The van der Waals surface area contributed by atoms with Gasteiger partial charge in [0, 0.05) is 37.8 Å². The lowest BCUT2D eigenvalue weighted by atomic mass is 10.1. The Morgan fingerprint density at radius 1 is 1.13 bits per heavy atom. The number of ether oxygens (including phenoxy) is 1. The number of para-hydroxylation sites is 1. The number of piperazine rings is 1. The van der Waals surface area contributed by atoms with E-state index in [2.05, 4.69) is 4.90 Å². The molecule has 0 amide bonds. The fraction of sp³-hybridized carbons (Fsp3) is 0.304. The van der Waals surface area contributed by atoms with Gasteiger partial charge in [0.05, 0.1) is 17.7 Å². The molecule has 0 radical (unpaired) electrons. The van der Waals surface area contributed by atoms with Crippen LogP contribution in [0.5, 0.6) is 5.75 Å². The molecule has 162 valence electrons. The van der Waals surface area contributed by atoms with Gasteiger partial charge in [0.1, 0.15) is 23.7 Å². The van der Waals surface area contributed by atoms with Crippen LogP contribution in [0.1, 0.15) is 10.4 Å². The van der Waals surface area contributed by atoms with Crippen molar-refractivity contribution >= 4 is 22.6 Å². The van der Waals surface area contributed by atoms with Gasteiger partial charge < -0.3 is 24.2 Å². The average Bonchev–Trinajstić information content (AvgIpc) is 2.76. The molecule has 4 rings (SSSR count). The van der Waals surface area contributed by atoms with E-state index in [0.29, 0.717) is 36.6 Å². The highest BCUT2D eigenvalue weighted by Crippen LogP contribution is 2.26. The van der Waals surface area contributed by atoms with E-state index >= 15 is 0 Å². The normalized spacial score (nSPS) is 14.7. The van der Waals surface area contributed by atoms with Crippen molar-refractivity contribution in [3.63, 3.8) is 0 Å². The summed E-state index contributed by atoms with van der Waals surface area (Å²) in [5, 5.41) is 9.51. The van der Waals surface area contributed by atoms with Crippen molar-refractivity contribution in [2.75, 3.05) is 44.7 Å². The molecule has 0 atom stereocenters. The molecule has 31 heavy (non-hydrogen) atoms. The highest BCUT2D eigenvalue weighted by Gasteiger charge is 2.21. The summed E-state index contributed by atoms with van der Waals surface area (Å²) < 4.78 is 22.3. The number of likely N-dealkylation sites (N-methyl/N-ethyl adjacent to an activating group) is 1. The Bertz CT molecular complexity index is 1150. The van der Waals surface area contributed by atoms with Crippen molar-refractivity contribution < 1.29 is 19.0 Å². The summed E-state index contributed by atoms with van der Waals surface area (Å²) in [6.07, 6.45) is 1.31. The summed E-state index contributed by atoms with van der Waals surface area (Å²) in [5.41, 5.74) is -0.173.